The Bertz CT molecular complexity index is 492. The van der Waals surface area contributed by atoms with Crippen LogP contribution >= 0.6 is 0 Å². The fourth-order valence-electron chi connectivity index (χ4n) is 1.48. The minimum absolute atomic E-state index is 0.250. The maximum Gasteiger partial charge on any atom is 0.418 e. The lowest BCUT2D eigenvalue weighted by Gasteiger charge is -2.13. The molecule has 0 aliphatic heterocycles. The zero-order valence-corrected chi connectivity index (χ0v) is 11.6. The van der Waals surface area contributed by atoms with E-state index in [0.29, 0.717) is 12.2 Å². The Morgan fingerprint density at radius 2 is 1.95 bits per heavy atom. The van der Waals surface area contributed by atoms with E-state index in [2.05, 4.69) is 10.6 Å². The van der Waals surface area contributed by atoms with E-state index < -0.39 is 28.6 Å². The molecule has 0 radical (unpaired) electrons. The summed E-state index contributed by atoms with van der Waals surface area (Å²) in [6.07, 6.45) is -2.49. The number of carbonyl (C=O) groups is 1. The van der Waals surface area contributed by atoms with E-state index in [4.69, 9.17) is 0 Å². The minimum Gasteiger partial charge on any atom is -0.338 e. The summed E-state index contributed by atoms with van der Waals surface area (Å²) in [5.41, 5.74) is -1.19. The fraction of sp³-hybridized carbons (Fsp3) is 0.417. The lowest BCUT2D eigenvalue weighted by Crippen LogP contribution is -2.31. The van der Waals surface area contributed by atoms with Gasteiger partial charge in [0.1, 0.15) is 0 Å². The molecule has 0 spiro atoms. The Labute approximate surface area is 117 Å². The van der Waals surface area contributed by atoms with Gasteiger partial charge >= 0.3 is 12.2 Å². The highest BCUT2D eigenvalue weighted by Crippen LogP contribution is 2.34. The summed E-state index contributed by atoms with van der Waals surface area (Å²) in [5.74, 6) is 0.430. The van der Waals surface area contributed by atoms with Crippen LogP contribution in [0.1, 0.15) is 12.0 Å². The van der Waals surface area contributed by atoms with E-state index >= 15 is 0 Å². The second-order valence-corrected chi connectivity index (χ2v) is 5.61. The number of urea groups is 1. The molecule has 0 aliphatic carbocycles. The fourth-order valence-corrected chi connectivity index (χ4v) is 2.03. The summed E-state index contributed by atoms with van der Waals surface area (Å²) >= 11 is 0. The zero-order valence-electron chi connectivity index (χ0n) is 10.8. The number of benzene rings is 1. The minimum atomic E-state index is -4.52. The van der Waals surface area contributed by atoms with Gasteiger partial charge < -0.3 is 10.6 Å². The third kappa shape index (κ3) is 5.60. The summed E-state index contributed by atoms with van der Waals surface area (Å²) in [6.45, 7) is 0.250. The SMILES string of the molecule is C[S@](=O)CCCNC(=O)Nc1ccccc1C(F)(F)F. The van der Waals surface area contributed by atoms with Crippen LogP contribution in [0, 0.1) is 0 Å². The molecule has 0 heterocycles. The van der Waals surface area contributed by atoms with Crippen molar-refractivity contribution in [2.75, 3.05) is 23.9 Å². The molecule has 0 bridgehead atoms. The predicted molar refractivity (Wildman–Crippen MR) is 72.0 cm³/mol. The largest absolute Gasteiger partial charge is 0.418 e. The standard InChI is InChI=1S/C12H15F3N2O2S/c1-20(19)8-4-7-16-11(18)17-10-6-3-2-5-9(10)12(13,14)15/h2-3,5-6H,4,7-8H2,1H3,(H2,16,17,18)/t20-/m0/s1. The van der Waals surface area contributed by atoms with Gasteiger partial charge in [0.2, 0.25) is 0 Å². The summed E-state index contributed by atoms with van der Waals surface area (Å²) in [6, 6.07) is 4.02. The molecule has 1 aromatic rings. The van der Waals surface area contributed by atoms with Crippen molar-refractivity contribution in [3.63, 3.8) is 0 Å². The van der Waals surface area contributed by atoms with Crippen LogP contribution in [0.15, 0.2) is 24.3 Å². The van der Waals surface area contributed by atoms with Gasteiger partial charge in [-0.15, -0.1) is 0 Å². The molecule has 0 aliphatic rings. The average molecular weight is 308 g/mol. The molecule has 0 fully saturated rings. The van der Waals surface area contributed by atoms with Gasteiger partial charge in [-0.05, 0) is 18.6 Å². The molecule has 0 saturated carbocycles. The number of halogens is 3. The zero-order chi connectivity index (χ0) is 15.2. The highest BCUT2D eigenvalue weighted by Gasteiger charge is 2.33. The summed E-state index contributed by atoms with van der Waals surface area (Å²) in [4.78, 5) is 11.5. The van der Waals surface area contributed by atoms with E-state index in [-0.39, 0.29) is 12.2 Å². The van der Waals surface area contributed by atoms with Crippen molar-refractivity contribution in [3.05, 3.63) is 29.8 Å². The van der Waals surface area contributed by atoms with Crippen molar-refractivity contribution in [1.82, 2.24) is 5.32 Å². The van der Waals surface area contributed by atoms with Crippen LogP contribution in [-0.4, -0.2) is 28.8 Å². The molecule has 2 amide bonds. The Balaban J connectivity index is 2.56. The lowest BCUT2D eigenvalue weighted by atomic mass is 10.1. The molecule has 4 nitrogen and oxygen atoms in total. The molecule has 20 heavy (non-hydrogen) atoms. The molecule has 8 heteroatoms. The molecule has 112 valence electrons. The number of hydrogen-bond acceptors (Lipinski definition) is 2. The van der Waals surface area contributed by atoms with Crippen molar-refractivity contribution >= 4 is 22.5 Å². The number of para-hydroxylation sites is 1. The molecule has 0 unspecified atom stereocenters. The van der Waals surface area contributed by atoms with Crippen LogP contribution < -0.4 is 10.6 Å². The van der Waals surface area contributed by atoms with Gasteiger partial charge in [-0.2, -0.15) is 13.2 Å². The van der Waals surface area contributed by atoms with E-state index in [1.807, 2.05) is 0 Å². The smallest absolute Gasteiger partial charge is 0.338 e. The first-order valence-electron chi connectivity index (χ1n) is 5.82. The topological polar surface area (TPSA) is 58.2 Å². The van der Waals surface area contributed by atoms with Gasteiger partial charge in [0.05, 0.1) is 11.3 Å². The summed E-state index contributed by atoms with van der Waals surface area (Å²) < 4.78 is 48.9. The second kappa shape index (κ2) is 7.28. The Morgan fingerprint density at radius 1 is 1.30 bits per heavy atom. The first-order valence-corrected chi connectivity index (χ1v) is 7.54. The molecule has 0 aromatic heterocycles. The number of hydrogen-bond donors (Lipinski definition) is 2. The van der Waals surface area contributed by atoms with Gasteiger partial charge in [-0.3, -0.25) is 4.21 Å². The average Bonchev–Trinajstić information content (AvgIpc) is 2.34. The molecule has 1 aromatic carbocycles. The molecular formula is C12H15F3N2O2S. The monoisotopic (exact) mass is 308 g/mol. The Morgan fingerprint density at radius 3 is 2.55 bits per heavy atom. The lowest BCUT2D eigenvalue weighted by molar-refractivity contribution is -0.136. The van der Waals surface area contributed by atoms with Gasteiger partial charge in [0.25, 0.3) is 0 Å². The van der Waals surface area contributed by atoms with Crippen LogP contribution in [0.25, 0.3) is 0 Å². The number of anilines is 1. The van der Waals surface area contributed by atoms with Gasteiger partial charge in [-0.25, -0.2) is 4.79 Å². The van der Waals surface area contributed by atoms with Crippen LogP contribution in [0.4, 0.5) is 23.7 Å². The summed E-state index contributed by atoms with van der Waals surface area (Å²) in [7, 11) is -0.954. The summed E-state index contributed by atoms with van der Waals surface area (Å²) in [5, 5.41) is 4.57. The third-order valence-corrected chi connectivity index (χ3v) is 3.24. The number of amides is 2. The highest BCUT2D eigenvalue weighted by molar-refractivity contribution is 7.84. The van der Waals surface area contributed by atoms with Crippen LogP contribution in [0.5, 0.6) is 0 Å². The molecule has 1 atom stereocenters. The predicted octanol–water partition coefficient (Wildman–Crippen LogP) is 2.60. The number of carbonyl (C=O) groups excluding carboxylic acids is 1. The maximum absolute atomic E-state index is 12.7. The van der Waals surface area contributed by atoms with Crippen molar-refractivity contribution in [2.45, 2.75) is 12.6 Å². The number of nitrogens with one attached hydrogen (secondary N) is 2. The van der Waals surface area contributed by atoms with E-state index in [1.165, 1.54) is 18.2 Å². The van der Waals surface area contributed by atoms with Crippen LogP contribution in [0.2, 0.25) is 0 Å². The molecule has 1 rings (SSSR count). The maximum atomic E-state index is 12.7. The number of rotatable bonds is 5. The Kier molecular flexibility index (Phi) is 6.00. The van der Waals surface area contributed by atoms with Gasteiger partial charge in [0.15, 0.2) is 0 Å². The quantitative estimate of drug-likeness (QED) is 0.822. The molecule has 2 N–H and O–H groups in total. The molecule has 0 saturated heterocycles. The first-order chi connectivity index (χ1) is 9.30. The normalized spacial score (nSPS) is 12.8. The Hall–Kier alpha value is -1.57. The van der Waals surface area contributed by atoms with Gasteiger partial charge in [-0.1, -0.05) is 12.1 Å². The highest BCUT2D eigenvalue weighted by atomic mass is 32.2. The van der Waals surface area contributed by atoms with E-state index in [0.717, 1.165) is 6.07 Å². The van der Waals surface area contributed by atoms with E-state index in [9.17, 15) is 22.2 Å². The van der Waals surface area contributed by atoms with Crippen LogP contribution in [0.3, 0.4) is 0 Å². The molecular weight excluding hydrogens is 293 g/mol. The second-order valence-electron chi connectivity index (χ2n) is 4.06. The van der Waals surface area contributed by atoms with Crippen molar-refractivity contribution < 1.29 is 22.2 Å². The van der Waals surface area contributed by atoms with Crippen molar-refractivity contribution in [1.29, 1.82) is 0 Å². The van der Waals surface area contributed by atoms with Crippen molar-refractivity contribution in [2.24, 2.45) is 0 Å². The van der Waals surface area contributed by atoms with E-state index in [1.54, 1.807) is 6.26 Å². The third-order valence-electron chi connectivity index (χ3n) is 2.37. The van der Waals surface area contributed by atoms with Crippen molar-refractivity contribution in [3.8, 4) is 0 Å². The van der Waals surface area contributed by atoms with Crippen LogP contribution in [-0.2, 0) is 17.0 Å². The van der Waals surface area contributed by atoms with Gasteiger partial charge in [0, 0.05) is 29.4 Å². The number of alkyl halides is 3. The first kappa shape index (κ1) is 16.5.